The Morgan fingerprint density at radius 3 is 2.82 bits per heavy atom. The van der Waals surface area contributed by atoms with E-state index >= 15 is 0 Å². The fraction of sp³-hybridized carbons (Fsp3) is 0.417. The summed E-state index contributed by atoms with van der Waals surface area (Å²) in [5.41, 5.74) is 0.729. The van der Waals surface area contributed by atoms with Crippen molar-refractivity contribution in [3.63, 3.8) is 0 Å². The van der Waals surface area contributed by atoms with E-state index in [0.29, 0.717) is 0 Å². The van der Waals surface area contributed by atoms with E-state index in [2.05, 4.69) is 51.7 Å². The third-order valence-corrected chi connectivity index (χ3v) is 4.73. The van der Waals surface area contributed by atoms with E-state index in [-0.39, 0.29) is 11.9 Å². The summed E-state index contributed by atoms with van der Waals surface area (Å²) in [6.07, 6.45) is 2.05. The van der Waals surface area contributed by atoms with E-state index < -0.39 is 0 Å². The zero-order valence-corrected chi connectivity index (χ0v) is 14.6. The zero-order chi connectivity index (χ0) is 13.0. The molecule has 5 heteroatoms. The maximum Gasteiger partial charge on any atom is 0.255 e. The normalized spacial score (nSPS) is 12.3. The molecule has 0 fully saturated rings. The van der Waals surface area contributed by atoms with Crippen LogP contribution in [0.1, 0.15) is 17.3 Å². The Kier molecular flexibility index (Phi) is 6.30. The number of amides is 1. The van der Waals surface area contributed by atoms with Gasteiger partial charge in [0, 0.05) is 26.9 Å². The molecular formula is C12H15BrINOS. The van der Waals surface area contributed by atoms with E-state index in [0.717, 1.165) is 19.4 Å². The quantitative estimate of drug-likeness (QED) is 0.679. The molecule has 94 valence electrons. The summed E-state index contributed by atoms with van der Waals surface area (Å²) in [4.78, 5) is 14.1. The van der Waals surface area contributed by atoms with Crippen molar-refractivity contribution >= 4 is 56.2 Å². The number of rotatable bonds is 4. The largest absolute Gasteiger partial charge is 0.338 e. The molecule has 1 unspecified atom stereocenters. The van der Waals surface area contributed by atoms with Crippen LogP contribution in [-0.4, -0.2) is 35.9 Å². The highest BCUT2D eigenvalue weighted by Gasteiger charge is 2.19. The average molecular weight is 428 g/mol. The average Bonchev–Trinajstić information content (AvgIpc) is 2.30. The Morgan fingerprint density at radius 1 is 1.59 bits per heavy atom. The fourth-order valence-corrected chi connectivity index (χ4v) is 3.02. The van der Waals surface area contributed by atoms with Crippen LogP contribution in [0.4, 0.5) is 0 Å². The lowest BCUT2D eigenvalue weighted by Crippen LogP contribution is -2.36. The van der Waals surface area contributed by atoms with E-state index in [1.807, 2.05) is 25.2 Å². The molecule has 0 aliphatic rings. The minimum atomic E-state index is 0.0666. The summed E-state index contributed by atoms with van der Waals surface area (Å²) in [7, 11) is 1.86. The van der Waals surface area contributed by atoms with Crippen LogP contribution in [0.3, 0.4) is 0 Å². The molecule has 0 saturated carbocycles. The summed E-state index contributed by atoms with van der Waals surface area (Å²) >= 11 is 7.40. The van der Waals surface area contributed by atoms with Crippen molar-refractivity contribution in [3.05, 3.63) is 31.8 Å². The van der Waals surface area contributed by atoms with Gasteiger partial charge >= 0.3 is 0 Å². The SMILES string of the molecule is CSCC(C)N(C)C(=O)c1cc(I)ccc1Br. The summed E-state index contributed by atoms with van der Waals surface area (Å²) in [6.45, 7) is 2.07. The van der Waals surface area contributed by atoms with E-state index in [1.165, 1.54) is 0 Å². The van der Waals surface area contributed by atoms with Crippen LogP contribution < -0.4 is 0 Å². The Labute approximate surface area is 129 Å². The highest BCUT2D eigenvalue weighted by atomic mass is 127. The lowest BCUT2D eigenvalue weighted by Gasteiger charge is -2.24. The Hall–Kier alpha value is 0.250. The molecule has 0 aliphatic carbocycles. The molecule has 0 spiro atoms. The first kappa shape index (κ1) is 15.3. The van der Waals surface area contributed by atoms with Gasteiger partial charge in [-0.15, -0.1) is 0 Å². The highest BCUT2D eigenvalue weighted by Crippen LogP contribution is 2.21. The van der Waals surface area contributed by atoms with Crippen LogP contribution in [0.15, 0.2) is 22.7 Å². The monoisotopic (exact) mass is 427 g/mol. The molecule has 0 heterocycles. The van der Waals surface area contributed by atoms with Gasteiger partial charge in [-0.2, -0.15) is 11.8 Å². The van der Waals surface area contributed by atoms with Crippen molar-refractivity contribution in [1.29, 1.82) is 0 Å². The first-order valence-electron chi connectivity index (χ1n) is 5.18. The second kappa shape index (κ2) is 6.99. The highest BCUT2D eigenvalue weighted by molar-refractivity contribution is 14.1. The molecule has 2 nitrogen and oxygen atoms in total. The van der Waals surface area contributed by atoms with Gasteiger partial charge in [-0.05, 0) is 69.9 Å². The summed E-state index contributed by atoms with van der Waals surface area (Å²) in [5, 5.41) is 0. The maximum absolute atomic E-state index is 12.3. The van der Waals surface area contributed by atoms with Crippen molar-refractivity contribution in [2.45, 2.75) is 13.0 Å². The minimum absolute atomic E-state index is 0.0666. The zero-order valence-electron chi connectivity index (χ0n) is 10.0. The van der Waals surface area contributed by atoms with Gasteiger partial charge in [-0.3, -0.25) is 4.79 Å². The maximum atomic E-state index is 12.3. The van der Waals surface area contributed by atoms with Crippen LogP contribution >= 0.6 is 50.3 Å². The van der Waals surface area contributed by atoms with Crippen molar-refractivity contribution < 1.29 is 4.79 Å². The molecular weight excluding hydrogens is 413 g/mol. The number of hydrogen-bond donors (Lipinski definition) is 0. The van der Waals surface area contributed by atoms with Gasteiger partial charge in [0.25, 0.3) is 5.91 Å². The molecule has 1 rings (SSSR count). The van der Waals surface area contributed by atoms with Crippen molar-refractivity contribution in [3.8, 4) is 0 Å². The molecule has 0 saturated heterocycles. The van der Waals surface area contributed by atoms with Gasteiger partial charge in [0.1, 0.15) is 0 Å². The van der Waals surface area contributed by atoms with Gasteiger partial charge in [0.2, 0.25) is 0 Å². The molecule has 0 radical (unpaired) electrons. The third-order valence-electron chi connectivity index (χ3n) is 2.55. The van der Waals surface area contributed by atoms with Crippen LogP contribution in [0.2, 0.25) is 0 Å². The lowest BCUT2D eigenvalue weighted by atomic mass is 10.2. The number of halogens is 2. The predicted octanol–water partition coefficient (Wildman–Crippen LogP) is 3.88. The van der Waals surface area contributed by atoms with Crippen LogP contribution in [0.25, 0.3) is 0 Å². The standard InChI is InChI=1S/C12H15BrINOS/c1-8(7-17-3)15(2)12(16)10-6-9(14)4-5-11(10)13/h4-6,8H,7H2,1-3H3. The van der Waals surface area contributed by atoms with Gasteiger partial charge in [0.05, 0.1) is 5.56 Å². The first-order valence-corrected chi connectivity index (χ1v) is 8.45. The van der Waals surface area contributed by atoms with E-state index in [9.17, 15) is 4.79 Å². The molecule has 1 amide bonds. The Bertz CT molecular complexity index is 413. The molecule has 17 heavy (non-hydrogen) atoms. The molecule has 0 aromatic heterocycles. The van der Waals surface area contributed by atoms with E-state index in [1.54, 1.807) is 16.7 Å². The summed E-state index contributed by atoms with van der Waals surface area (Å²) < 4.78 is 1.92. The van der Waals surface area contributed by atoms with Crippen molar-refractivity contribution in [2.24, 2.45) is 0 Å². The van der Waals surface area contributed by atoms with Crippen molar-refractivity contribution in [1.82, 2.24) is 4.90 Å². The summed E-state index contributed by atoms with van der Waals surface area (Å²) in [6, 6.07) is 6.05. The number of thioether (sulfide) groups is 1. The molecule has 1 aromatic rings. The van der Waals surface area contributed by atoms with E-state index in [4.69, 9.17) is 0 Å². The molecule has 1 aromatic carbocycles. The molecule has 0 aliphatic heterocycles. The third kappa shape index (κ3) is 4.13. The first-order chi connectivity index (χ1) is 7.97. The number of benzene rings is 1. The number of carbonyl (C=O) groups is 1. The second-order valence-corrected chi connectivity index (χ2v) is 6.86. The van der Waals surface area contributed by atoms with Crippen LogP contribution in [-0.2, 0) is 0 Å². The molecule has 0 N–H and O–H groups in total. The van der Waals surface area contributed by atoms with Crippen LogP contribution in [0, 0.1) is 3.57 Å². The van der Waals surface area contributed by atoms with Gasteiger partial charge in [-0.1, -0.05) is 0 Å². The van der Waals surface area contributed by atoms with Crippen molar-refractivity contribution in [2.75, 3.05) is 19.1 Å². The smallest absolute Gasteiger partial charge is 0.255 e. The Morgan fingerprint density at radius 2 is 2.24 bits per heavy atom. The Balaban J connectivity index is 2.92. The van der Waals surface area contributed by atoms with Gasteiger partial charge < -0.3 is 4.90 Å². The lowest BCUT2D eigenvalue weighted by molar-refractivity contribution is 0.0756. The second-order valence-electron chi connectivity index (χ2n) is 3.84. The van der Waals surface area contributed by atoms with Crippen LogP contribution in [0.5, 0.6) is 0 Å². The van der Waals surface area contributed by atoms with Gasteiger partial charge in [-0.25, -0.2) is 0 Å². The number of carbonyl (C=O) groups excluding carboxylic acids is 1. The molecule has 1 atom stereocenters. The number of hydrogen-bond acceptors (Lipinski definition) is 2. The topological polar surface area (TPSA) is 20.3 Å². The molecule has 0 bridgehead atoms. The fourth-order valence-electron chi connectivity index (χ4n) is 1.40. The van der Waals surface area contributed by atoms with Gasteiger partial charge in [0.15, 0.2) is 0 Å². The summed E-state index contributed by atoms with van der Waals surface area (Å²) in [5.74, 6) is 1.01. The minimum Gasteiger partial charge on any atom is -0.338 e. The number of nitrogens with zero attached hydrogens (tertiary/aromatic N) is 1. The predicted molar refractivity (Wildman–Crippen MR) is 86.8 cm³/mol.